The van der Waals surface area contributed by atoms with Crippen LogP contribution in [0, 0.1) is 23.7 Å². The molecule has 1 aliphatic heterocycles. The zero-order chi connectivity index (χ0) is 14.8. The molecule has 2 heteroatoms. The van der Waals surface area contributed by atoms with Crippen molar-refractivity contribution in [2.24, 2.45) is 29.4 Å². The van der Waals surface area contributed by atoms with Crippen molar-refractivity contribution in [3.05, 3.63) is 0 Å². The standard InChI is InChI=1S/C19H36N2/c1-14(2)16-9-10-18(20)17(12-16)13-21-11-5-7-15-6-3-4-8-19(15)21/h14-19H,3-13,20H2,1-2H3/t15-,16?,17?,18?,19-/m1/s1. The summed E-state index contributed by atoms with van der Waals surface area (Å²) in [5.41, 5.74) is 6.50. The second-order valence-electron chi connectivity index (χ2n) is 8.49. The minimum absolute atomic E-state index is 0.462. The van der Waals surface area contributed by atoms with Crippen LogP contribution < -0.4 is 5.73 Å². The van der Waals surface area contributed by atoms with Gasteiger partial charge in [0.15, 0.2) is 0 Å². The third-order valence-corrected chi connectivity index (χ3v) is 6.85. The SMILES string of the molecule is CC(C)C1CCC(N)C(CN2CCC[C@H]3CCCC[C@H]32)C1. The average molecular weight is 293 g/mol. The van der Waals surface area contributed by atoms with Crippen molar-refractivity contribution < 1.29 is 0 Å². The molecular formula is C19H36N2. The molecule has 3 aliphatic rings. The second-order valence-corrected chi connectivity index (χ2v) is 8.49. The highest BCUT2D eigenvalue weighted by Crippen LogP contribution is 2.38. The van der Waals surface area contributed by atoms with Crippen molar-refractivity contribution >= 4 is 0 Å². The number of nitrogens with two attached hydrogens (primary N) is 1. The third-order valence-electron chi connectivity index (χ3n) is 6.85. The molecule has 2 saturated carbocycles. The number of piperidine rings is 1. The molecule has 2 N–H and O–H groups in total. The lowest BCUT2D eigenvalue weighted by atomic mass is 9.72. The first kappa shape index (κ1) is 15.8. The van der Waals surface area contributed by atoms with Crippen molar-refractivity contribution in [3.63, 3.8) is 0 Å². The van der Waals surface area contributed by atoms with Crippen LogP contribution in [0.4, 0.5) is 0 Å². The molecule has 3 fully saturated rings. The Kier molecular flexibility index (Phi) is 5.27. The number of likely N-dealkylation sites (tertiary alicyclic amines) is 1. The molecule has 0 radical (unpaired) electrons. The van der Waals surface area contributed by atoms with E-state index in [0.717, 1.165) is 29.7 Å². The molecule has 1 saturated heterocycles. The zero-order valence-corrected chi connectivity index (χ0v) is 14.3. The number of hydrogen-bond acceptors (Lipinski definition) is 2. The van der Waals surface area contributed by atoms with Gasteiger partial charge in [-0.05, 0) is 75.2 Å². The van der Waals surface area contributed by atoms with E-state index >= 15 is 0 Å². The highest BCUT2D eigenvalue weighted by molar-refractivity contribution is 4.91. The summed E-state index contributed by atoms with van der Waals surface area (Å²) in [6.45, 7) is 7.44. The quantitative estimate of drug-likeness (QED) is 0.850. The molecule has 21 heavy (non-hydrogen) atoms. The Morgan fingerprint density at radius 2 is 1.76 bits per heavy atom. The Labute approximate surface area is 131 Å². The van der Waals surface area contributed by atoms with Crippen molar-refractivity contribution in [3.8, 4) is 0 Å². The fraction of sp³-hybridized carbons (Fsp3) is 1.00. The first-order valence-corrected chi connectivity index (χ1v) is 9.64. The van der Waals surface area contributed by atoms with Crippen molar-refractivity contribution in [2.45, 2.75) is 83.7 Å². The van der Waals surface area contributed by atoms with Gasteiger partial charge in [0.1, 0.15) is 0 Å². The van der Waals surface area contributed by atoms with Crippen LogP contribution in [0.5, 0.6) is 0 Å². The van der Waals surface area contributed by atoms with E-state index in [9.17, 15) is 0 Å². The van der Waals surface area contributed by atoms with Crippen LogP contribution in [-0.4, -0.2) is 30.1 Å². The number of rotatable bonds is 3. The molecule has 0 amide bonds. The predicted octanol–water partition coefficient (Wildman–Crippen LogP) is 4.04. The van der Waals surface area contributed by atoms with Gasteiger partial charge in [0.05, 0.1) is 0 Å². The Balaban J connectivity index is 1.61. The van der Waals surface area contributed by atoms with E-state index in [1.165, 1.54) is 70.9 Å². The summed E-state index contributed by atoms with van der Waals surface area (Å²) in [4.78, 5) is 2.86. The molecule has 3 unspecified atom stereocenters. The highest BCUT2D eigenvalue weighted by atomic mass is 15.2. The molecule has 0 aromatic carbocycles. The summed E-state index contributed by atoms with van der Waals surface area (Å²) in [6, 6.07) is 1.36. The highest BCUT2D eigenvalue weighted by Gasteiger charge is 2.37. The second kappa shape index (κ2) is 7.00. The monoisotopic (exact) mass is 292 g/mol. The van der Waals surface area contributed by atoms with Gasteiger partial charge >= 0.3 is 0 Å². The maximum Gasteiger partial charge on any atom is 0.0124 e. The van der Waals surface area contributed by atoms with Crippen LogP contribution in [0.3, 0.4) is 0 Å². The zero-order valence-electron chi connectivity index (χ0n) is 14.3. The summed E-state index contributed by atoms with van der Waals surface area (Å²) < 4.78 is 0. The van der Waals surface area contributed by atoms with Crippen molar-refractivity contribution in [1.29, 1.82) is 0 Å². The van der Waals surface area contributed by atoms with Gasteiger partial charge in [0.25, 0.3) is 0 Å². The molecule has 1 heterocycles. The number of fused-ring (bicyclic) bond motifs is 1. The summed E-state index contributed by atoms with van der Waals surface area (Å²) in [6.07, 6.45) is 12.8. The van der Waals surface area contributed by atoms with Gasteiger partial charge in [-0.15, -0.1) is 0 Å². The molecular weight excluding hydrogens is 256 g/mol. The third kappa shape index (κ3) is 3.64. The van der Waals surface area contributed by atoms with E-state index in [-0.39, 0.29) is 0 Å². The normalized spacial score (nSPS) is 42.0. The van der Waals surface area contributed by atoms with Gasteiger partial charge in [0, 0.05) is 18.6 Å². The summed E-state index contributed by atoms with van der Waals surface area (Å²) in [7, 11) is 0. The summed E-state index contributed by atoms with van der Waals surface area (Å²) in [5.74, 6) is 3.52. The Morgan fingerprint density at radius 1 is 1.00 bits per heavy atom. The molecule has 3 rings (SSSR count). The summed E-state index contributed by atoms with van der Waals surface area (Å²) in [5, 5.41) is 0. The molecule has 2 nitrogen and oxygen atoms in total. The molecule has 122 valence electrons. The molecule has 0 bridgehead atoms. The lowest BCUT2D eigenvalue weighted by Gasteiger charge is -2.47. The minimum atomic E-state index is 0.462. The molecule has 2 aliphatic carbocycles. The maximum absolute atomic E-state index is 6.50. The lowest BCUT2D eigenvalue weighted by molar-refractivity contribution is 0.0322. The fourth-order valence-corrected chi connectivity index (χ4v) is 5.39. The smallest absolute Gasteiger partial charge is 0.0124 e. The van der Waals surface area contributed by atoms with Crippen LogP contribution in [0.2, 0.25) is 0 Å². The van der Waals surface area contributed by atoms with E-state index < -0.39 is 0 Å². The number of nitrogens with zero attached hydrogens (tertiary/aromatic N) is 1. The topological polar surface area (TPSA) is 29.3 Å². The van der Waals surface area contributed by atoms with Crippen LogP contribution in [0.1, 0.15) is 71.6 Å². The first-order valence-electron chi connectivity index (χ1n) is 9.64. The van der Waals surface area contributed by atoms with Gasteiger partial charge in [0.2, 0.25) is 0 Å². The molecule has 5 atom stereocenters. The number of hydrogen-bond donors (Lipinski definition) is 1. The van der Waals surface area contributed by atoms with Crippen LogP contribution in [0.15, 0.2) is 0 Å². The van der Waals surface area contributed by atoms with Gasteiger partial charge in [-0.3, -0.25) is 4.90 Å². The fourth-order valence-electron chi connectivity index (χ4n) is 5.39. The Hall–Kier alpha value is -0.0800. The van der Waals surface area contributed by atoms with Crippen LogP contribution in [0.25, 0.3) is 0 Å². The molecule has 0 aromatic rings. The largest absolute Gasteiger partial charge is 0.327 e. The van der Waals surface area contributed by atoms with Gasteiger partial charge in [-0.1, -0.05) is 26.7 Å². The Bertz CT molecular complexity index is 326. The summed E-state index contributed by atoms with van der Waals surface area (Å²) >= 11 is 0. The van der Waals surface area contributed by atoms with Gasteiger partial charge in [-0.2, -0.15) is 0 Å². The minimum Gasteiger partial charge on any atom is -0.327 e. The van der Waals surface area contributed by atoms with E-state index in [1.54, 1.807) is 0 Å². The van der Waals surface area contributed by atoms with E-state index in [2.05, 4.69) is 18.7 Å². The molecule has 0 spiro atoms. The van der Waals surface area contributed by atoms with Crippen LogP contribution >= 0.6 is 0 Å². The van der Waals surface area contributed by atoms with E-state index in [4.69, 9.17) is 5.73 Å². The van der Waals surface area contributed by atoms with E-state index in [1.807, 2.05) is 0 Å². The average Bonchev–Trinajstić information content (AvgIpc) is 2.49. The van der Waals surface area contributed by atoms with Gasteiger partial charge < -0.3 is 5.73 Å². The lowest BCUT2D eigenvalue weighted by Crippen LogP contribution is -2.51. The predicted molar refractivity (Wildman–Crippen MR) is 90.2 cm³/mol. The van der Waals surface area contributed by atoms with Crippen molar-refractivity contribution in [2.75, 3.05) is 13.1 Å². The first-order chi connectivity index (χ1) is 10.1. The van der Waals surface area contributed by atoms with E-state index in [0.29, 0.717) is 6.04 Å². The maximum atomic E-state index is 6.50. The molecule has 0 aromatic heterocycles. The van der Waals surface area contributed by atoms with Gasteiger partial charge in [-0.25, -0.2) is 0 Å². The Morgan fingerprint density at radius 3 is 2.57 bits per heavy atom. The van der Waals surface area contributed by atoms with Crippen LogP contribution in [-0.2, 0) is 0 Å². The van der Waals surface area contributed by atoms with Crippen molar-refractivity contribution in [1.82, 2.24) is 4.90 Å².